The van der Waals surface area contributed by atoms with Gasteiger partial charge < -0.3 is 21.1 Å². The molecule has 0 radical (unpaired) electrons. The fourth-order valence-corrected chi connectivity index (χ4v) is 2.77. The molecule has 0 amide bonds. The van der Waals surface area contributed by atoms with Gasteiger partial charge in [0.05, 0.1) is 12.6 Å². The van der Waals surface area contributed by atoms with Crippen molar-refractivity contribution in [3.63, 3.8) is 0 Å². The van der Waals surface area contributed by atoms with Crippen LogP contribution < -0.4 is 21.1 Å². The molecule has 7 nitrogen and oxygen atoms in total. The topological polar surface area (TPSA) is 98.0 Å². The fourth-order valence-electron chi connectivity index (χ4n) is 2.77. The lowest BCUT2D eigenvalue weighted by Gasteiger charge is -2.14. The number of hydrogen-bond acceptors (Lipinski definition) is 7. The van der Waals surface area contributed by atoms with E-state index in [2.05, 4.69) is 25.6 Å². The third kappa shape index (κ3) is 3.43. The molecule has 27 heavy (non-hydrogen) atoms. The maximum atomic E-state index is 6.30. The highest BCUT2D eigenvalue weighted by atomic mass is 16.5. The summed E-state index contributed by atoms with van der Waals surface area (Å²) in [5.74, 6) is 1.78. The summed E-state index contributed by atoms with van der Waals surface area (Å²) in [5.41, 5.74) is 9.30. The Kier molecular flexibility index (Phi) is 4.40. The van der Waals surface area contributed by atoms with E-state index in [0.717, 1.165) is 28.0 Å². The van der Waals surface area contributed by atoms with E-state index in [4.69, 9.17) is 10.5 Å². The van der Waals surface area contributed by atoms with Crippen LogP contribution in [0.2, 0.25) is 0 Å². The monoisotopic (exact) mass is 358 g/mol. The van der Waals surface area contributed by atoms with E-state index in [-0.39, 0.29) is 0 Å². The molecule has 4 rings (SSSR count). The first-order valence-electron chi connectivity index (χ1n) is 8.37. The molecule has 2 heterocycles. The molecule has 0 aliphatic rings. The zero-order valence-electron chi connectivity index (χ0n) is 14.7. The molecule has 0 fully saturated rings. The molecule has 0 saturated carbocycles. The Labute approximate surface area is 156 Å². The molecule has 134 valence electrons. The van der Waals surface area contributed by atoms with Crippen molar-refractivity contribution in [2.45, 2.75) is 0 Å². The third-order valence-electron chi connectivity index (χ3n) is 4.12. The van der Waals surface area contributed by atoms with Gasteiger partial charge in [0.15, 0.2) is 11.6 Å². The molecule has 0 bridgehead atoms. The molecule has 4 aromatic rings. The first-order chi connectivity index (χ1) is 13.2. The van der Waals surface area contributed by atoms with Crippen LogP contribution >= 0.6 is 0 Å². The number of nitrogens with one attached hydrogen (secondary N) is 2. The van der Waals surface area contributed by atoms with Crippen LogP contribution in [0.15, 0.2) is 67.1 Å². The van der Waals surface area contributed by atoms with Crippen LogP contribution in [-0.4, -0.2) is 22.1 Å². The Morgan fingerprint density at radius 1 is 0.889 bits per heavy atom. The number of aromatic nitrogens is 3. The number of nitrogens with zero attached hydrogens (tertiary/aromatic N) is 3. The van der Waals surface area contributed by atoms with Gasteiger partial charge >= 0.3 is 0 Å². The van der Waals surface area contributed by atoms with Crippen LogP contribution in [0.4, 0.5) is 28.7 Å². The van der Waals surface area contributed by atoms with E-state index in [1.54, 1.807) is 13.3 Å². The van der Waals surface area contributed by atoms with Crippen molar-refractivity contribution in [2.24, 2.45) is 0 Å². The minimum absolute atomic E-state index is 0.418. The van der Waals surface area contributed by atoms with Gasteiger partial charge in [0.1, 0.15) is 17.8 Å². The van der Waals surface area contributed by atoms with Gasteiger partial charge in [-0.3, -0.25) is 4.98 Å². The Morgan fingerprint density at radius 2 is 1.70 bits per heavy atom. The van der Waals surface area contributed by atoms with Crippen LogP contribution in [0.5, 0.6) is 5.75 Å². The van der Waals surface area contributed by atoms with Gasteiger partial charge in [-0.25, -0.2) is 9.97 Å². The molecular weight excluding hydrogens is 340 g/mol. The lowest BCUT2D eigenvalue weighted by molar-refractivity contribution is 0.415. The van der Waals surface area contributed by atoms with Crippen molar-refractivity contribution in [2.75, 3.05) is 23.5 Å². The summed E-state index contributed by atoms with van der Waals surface area (Å²) in [5, 5.41) is 7.47. The largest absolute Gasteiger partial charge is 0.497 e. The summed E-state index contributed by atoms with van der Waals surface area (Å²) in [4.78, 5) is 12.9. The van der Waals surface area contributed by atoms with Gasteiger partial charge in [-0.1, -0.05) is 12.1 Å². The maximum absolute atomic E-state index is 6.30. The summed E-state index contributed by atoms with van der Waals surface area (Å²) >= 11 is 0. The van der Waals surface area contributed by atoms with Crippen LogP contribution in [0.3, 0.4) is 0 Å². The molecule has 0 saturated heterocycles. The number of rotatable bonds is 5. The van der Waals surface area contributed by atoms with Gasteiger partial charge in [0.25, 0.3) is 0 Å². The zero-order valence-corrected chi connectivity index (χ0v) is 14.7. The van der Waals surface area contributed by atoms with Crippen molar-refractivity contribution in [1.82, 2.24) is 15.0 Å². The van der Waals surface area contributed by atoms with Gasteiger partial charge in [-0.15, -0.1) is 0 Å². The minimum Gasteiger partial charge on any atom is -0.497 e. The second kappa shape index (κ2) is 7.17. The standard InChI is InChI=1S/C20H18N6O/c1-27-14-6-2-5-13(11-14)25-19-18(21)20(24-12-23-19)26-17-9-3-8-16-15(17)7-4-10-22-16/h2-12H,21H2,1H3,(H2,23,24,25,26). The second-order valence-electron chi connectivity index (χ2n) is 5.84. The van der Waals surface area contributed by atoms with E-state index in [0.29, 0.717) is 17.3 Å². The van der Waals surface area contributed by atoms with Gasteiger partial charge in [-0.2, -0.15) is 0 Å². The Bertz CT molecular complexity index is 1090. The van der Waals surface area contributed by atoms with Crippen LogP contribution in [0.25, 0.3) is 10.9 Å². The molecule has 0 aliphatic carbocycles. The number of ether oxygens (including phenoxy) is 1. The van der Waals surface area contributed by atoms with E-state index in [9.17, 15) is 0 Å². The van der Waals surface area contributed by atoms with Crippen molar-refractivity contribution in [1.29, 1.82) is 0 Å². The minimum atomic E-state index is 0.418. The Morgan fingerprint density at radius 3 is 2.56 bits per heavy atom. The smallest absolute Gasteiger partial charge is 0.159 e. The Balaban J connectivity index is 1.65. The number of hydrogen-bond donors (Lipinski definition) is 3. The number of fused-ring (bicyclic) bond motifs is 1. The first kappa shape index (κ1) is 16.6. The molecule has 0 unspecified atom stereocenters. The summed E-state index contributed by atoms with van der Waals surface area (Å²) in [6, 6.07) is 17.3. The zero-order chi connectivity index (χ0) is 18.6. The number of anilines is 5. The molecular formula is C20H18N6O. The average Bonchev–Trinajstić information content (AvgIpc) is 2.71. The predicted octanol–water partition coefficient (Wildman–Crippen LogP) is 4.10. The molecule has 0 atom stereocenters. The first-order valence-corrected chi connectivity index (χ1v) is 8.37. The summed E-state index contributed by atoms with van der Waals surface area (Å²) in [6.45, 7) is 0. The number of pyridine rings is 1. The van der Waals surface area contributed by atoms with Crippen molar-refractivity contribution < 1.29 is 4.74 Å². The van der Waals surface area contributed by atoms with E-state index >= 15 is 0 Å². The molecule has 4 N–H and O–H groups in total. The fraction of sp³-hybridized carbons (Fsp3) is 0.0500. The summed E-state index contributed by atoms with van der Waals surface area (Å²) in [7, 11) is 1.62. The normalized spacial score (nSPS) is 10.6. The van der Waals surface area contributed by atoms with E-state index in [1.165, 1.54) is 6.33 Å². The average molecular weight is 358 g/mol. The SMILES string of the molecule is COc1cccc(Nc2ncnc(Nc3cccc4ncccc34)c2N)c1. The van der Waals surface area contributed by atoms with Crippen molar-refractivity contribution in [3.8, 4) is 5.75 Å². The highest BCUT2D eigenvalue weighted by Crippen LogP contribution is 2.31. The van der Waals surface area contributed by atoms with Gasteiger partial charge in [0, 0.05) is 29.0 Å². The Hall–Kier alpha value is -3.87. The number of methoxy groups -OCH3 is 1. The van der Waals surface area contributed by atoms with Gasteiger partial charge in [0.2, 0.25) is 0 Å². The molecule has 7 heteroatoms. The summed E-state index contributed by atoms with van der Waals surface area (Å²) in [6.07, 6.45) is 3.23. The van der Waals surface area contributed by atoms with Crippen LogP contribution in [0.1, 0.15) is 0 Å². The van der Waals surface area contributed by atoms with Crippen molar-refractivity contribution in [3.05, 3.63) is 67.1 Å². The molecule has 0 aliphatic heterocycles. The molecule has 2 aromatic carbocycles. The lowest BCUT2D eigenvalue weighted by atomic mass is 10.2. The number of nitrogen functional groups attached to an aromatic ring is 1. The van der Waals surface area contributed by atoms with Crippen LogP contribution in [-0.2, 0) is 0 Å². The van der Waals surface area contributed by atoms with E-state index < -0.39 is 0 Å². The predicted molar refractivity (Wildman–Crippen MR) is 108 cm³/mol. The van der Waals surface area contributed by atoms with Crippen molar-refractivity contribution >= 4 is 39.6 Å². The maximum Gasteiger partial charge on any atom is 0.159 e. The molecule has 2 aromatic heterocycles. The van der Waals surface area contributed by atoms with Crippen LogP contribution in [0, 0.1) is 0 Å². The third-order valence-corrected chi connectivity index (χ3v) is 4.12. The quantitative estimate of drug-likeness (QED) is 0.494. The number of nitrogens with two attached hydrogens (primary N) is 1. The second-order valence-corrected chi connectivity index (χ2v) is 5.84. The molecule has 0 spiro atoms. The number of benzene rings is 2. The highest BCUT2D eigenvalue weighted by Gasteiger charge is 2.10. The van der Waals surface area contributed by atoms with Gasteiger partial charge in [-0.05, 0) is 36.4 Å². The van der Waals surface area contributed by atoms with E-state index in [1.807, 2.05) is 54.6 Å². The summed E-state index contributed by atoms with van der Waals surface area (Å²) < 4.78 is 5.24. The lowest BCUT2D eigenvalue weighted by Crippen LogP contribution is -2.05. The highest BCUT2D eigenvalue weighted by molar-refractivity contribution is 5.94.